The van der Waals surface area contributed by atoms with Crippen LogP contribution in [-0.4, -0.2) is 87.1 Å². The number of pyridine rings is 1. The van der Waals surface area contributed by atoms with Crippen LogP contribution in [0.2, 0.25) is 0 Å². The minimum Gasteiger partial charge on any atom is -0.459 e. The highest BCUT2D eigenvalue weighted by Crippen LogP contribution is 2.29. The first-order chi connectivity index (χ1) is 19.5. The first kappa shape index (κ1) is 28.1. The Balaban J connectivity index is 1.16. The molecule has 3 aromatic rings. The molecule has 1 amide bonds. The molecule has 0 spiro atoms. The monoisotopic (exact) mass is 565 g/mol. The third kappa shape index (κ3) is 7.04. The van der Waals surface area contributed by atoms with Crippen LogP contribution in [0, 0.1) is 5.82 Å². The number of halogens is 1. The summed E-state index contributed by atoms with van der Waals surface area (Å²) in [5.41, 5.74) is 2.11. The van der Waals surface area contributed by atoms with Gasteiger partial charge in [-0.05, 0) is 52.1 Å². The molecule has 0 radical (unpaired) electrons. The minimum absolute atomic E-state index is 0.145. The molecule has 2 aliphatic rings. The third-order valence-corrected chi connectivity index (χ3v) is 6.44. The number of cyclic esters (lactones) is 1. The standard InChI is InChI=1S/C28H32FN7O5/c1-28(2,3)40-26(37)17-34(4)14-20-12-25(32-41-20)24-8-5-18(13-30-24)22-7-6-19(11-23(22)29)36-16-21(39-27(36)38)15-35-10-9-31-33-35/h5-11,13,20-21H,12,14-17H2,1-4H3/t20-,21-/m0/s1. The van der Waals surface area contributed by atoms with Crippen molar-refractivity contribution in [2.75, 3.05) is 31.6 Å². The van der Waals surface area contributed by atoms with E-state index in [1.807, 2.05) is 32.7 Å². The molecule has 1 saturated heterocycles. The molecule has 0 N–H and O–H groups in total. The molecule has 1 fully saturated rings. The number of carbonyl (C=O) groups is 2. The van der Waals surface area contributed by atoms with Crippen LogP contribution in [0.25, 0.3) is 11.1 Å². The van der Waals surface area contributed by atoms with Gasteiger partial charge in [0.15, 0.2) is 0 Å². The van der Waals surface area contributed by atoms with Crippen LogP contribution in [0.15, 0.2) is 54.1 Å². The van der Waals surface area contributed by atoms with Crippen molar-refractivity contribution in [2.24, 2.45) is 5.16 Å². The molecule has 1 aromatic carbocycles. The number of amides is 1. The summed E-state index contributed by atoms with van der Waals surface area (Å²) in [4.78, 5) is 37.7. The van der Waals surface area contributed by atoms with Crippen molar-refractivity contribution < 1.29 is 28.3 Å². The third-order valence-electron chi connectivity index (χ3n) is 6.44. The number of rotatable bonds is 9. The highest BCUT2D eigenvalue weighted by atomic mass is 19.1. The number of carbonyl (C=O) groups excluding carboxylic acids is 2. The normalized spacial score (nSPS) is 18.8. The fraction of sp³-hybridized carbons (Fsp3) is 0.429. The Labute approximate surface area is 236 Å². The average molecular weight is 566 g/mol. The number of benzene rings is 1. The van der Waals surface area contributed by atoms with Gasteiger partial charge in [0.05, 0.1) is 37.2 Å². The second kappa shape index (κ2) is 11.6. The summed E-state index contributed by atoms with van der Waals surface area (Å²) in [6, 6.07) is 8.15. The van der Waals surface area contributed by atoms with Gasteiger partial charge >= 0.3 is 12.1 Å². The van der Waals surface area contributed by atoms with Gasteiger partial charge in [-0.3, -0.25) is 19.6 Å². The SMILES string of the molecule is CN(CC(=O)OC(C)(C)C)C[C@@H]1CC(c2ccc(-c3ccc(N4C[C@H](Cn5ccnn5)OC4=O)cc3F)cn2)=NO1. The van der Waals surface area contributed by atoms with Crippen molar-refractivity contribution in [3.8, 4) is 11.1 Å². The Hall–Kier alpha value is -4.39. The van der Waals surface area contributed by atoms with E-state index in [-0.39, 0.29) is 25.2 Å². The first-order valence-electron chi connectivity index (χ1n) is 13.3. The maximum absolute atomic E-state index is 15.2. The van der Waals surface area contributed by atoms with E-state index in [0.717, 1.165) is 0 Å². The van der Waals surface area contributed by atoms with Crippen LogP contribution in [-0.2, 0) is 25.7 Å². The zero-order chi connectivity index (χ0) is 29.1. The maximum atomic E-state index is 15.2. The first-order valence-corrected chi connectivity index (χ1v) is 13.3. The van der Waals surface area contributed by atoms with Gasteiger partial charge in [-0.15, -0.1) is 5.10 Å². The number of likely N-dealkylation sites (N-methyl/N-ethyl adjacent to an activating group) is 1. The lowest BCUT2D eigenvalue weighted by molar-refractivity contribution is -0.156. The van der Waals surface area contributed by atoms with Gasteiger partial charge in [0, 0.05) is 36.5 Å². The van der Waals surface area contributed by atoms with Crippen LogP contribution >= 0.6 is 0 Å². The number of ether oxygens (including phenoxy) is 2. The van der Waals surface area contributed by atoms with Crippen LogP contribution < -0.4 is 4.90 Å². The van der Waals surface area contributed by atoms with Crippen LogP contribution in [0.4, 0.5) is 14.9 Å². The number of oxime groups is 1. The molecule has 12 nitrogen and oxygen atoms in total. The molecule has 4 heterocycles. The number of anilines is 1. The number of hydrogen-bond acceptors (Lipinski definition) is 10. The summed E-state index contributed by atoms with van der Waals surface area (Å²) in [5.74, 6) is -0.788. The fourth-order valence-corrected chi connectivity index (χ4v) is 4.68. The summed E-state index contributed by atoms with van der Waals surface area (Å²) in [7, 11) is 1.82. The van der Waals surface area contributed by atoms with Gasteiger partial charge in [0.1, 0.15) is 29.3 Å². The molecule has 0 saturated carbocycles. The van der Waals surface area contributed by atoms with Crippen LogP contribution in [0.3, 0.4) is 0 Å². The second-order valence-electron chi connectivity index (χ2n) is 11.1. The number of nitrogens with zero attached hydrogens (tertiary/aromatic N) is 7. The summed E-state index contributed by atoms with van der Waals surface area (Å²) in [5, 5.41) is 11.8. The zero-order valence-corrected chi connectivity index (χ0v) is 23.4. The van der Waals surface area contributed by atoms with Crippen LogP contribution in [0.1, 0.15) is 32.9 Å². The zero-order valence-electron chi connectivity index (χ0n) is 23.4. The van der Waals surface area contributed by atoms with Crippen molar-refractivity contribution in [1.29, 1.82) is 0 Å². The van der Waals surface area contributed by atoms with Gasteiger partial charge in [-0.25, -0.2) is 13.9 Å². The fourth-order valence-electron chi connectivity index (χ4n) is 4.68. The molecule has 2 aromatic heterocycles. The van der Waals surface area contributed by atoms with E-state index in [4.69, 9.17) is 14.3 Å². The quantitative estimate of drug-likeness (QED) is 0.360. The van der Waals surface area contributed by atoms with Crippen molar-refractivity contribution in [3.05, 3.63) is 60.4 Å². The Bertz CT molecular complexity index is 1420. The molecule has 41 heavy (non-hydrogen) atoms. The Kier molecular flexibility index (Phi) is 7.97. The Morgan fingerprint density at radius 2 is 2.05 bits per heavy atom. The summed E-state index contributed by atoms with van der Waals surface area (Å²) in [6.07, 6.45) is 4.15. The lowest BCUT2D eigenvalue weighted by atomic mass is 10.0. The van der Waals surface area contributed by atoms with E-state index in [9.17, 15) is 9.59 Å². The molecule has 13 heteroatoms. The minimum atomic E-state index is -0.540. The smallest absolute Gasteiger partial charge is 0.414 e. The largest absolute Gasteiger partial charge is 0.459 e. The van der Waals surface area contributed by atoms with Crippen molar-refractivity contribution >= 4 is 23.5 Å². The molecule has 216 valence electrons. The molecule has 0 unspecified atom stereocenters. The number of aromatic nitrogens is 4. The predicted molar refractivity (Wildman–Crippen MR) is 147 cm³/mol. The van der Waals surface area contributed by atoms with E-state index in [2.05, 4.69) is 20.5 Å². The van der Waals surface area contributed by atoms with E-state index in [0.29, 0.717) is 47.7 Å². The van der Waals surface area contributed by atoms with E-state index in [1.54, 1.807) is 47.5 Å². The molecule has 0 bridgehead atoms. The van der Waals surface area contributed by atoms with Gasteiger partial charge in [0.2, 0.25) is 0 Å². The van der Waals surface area contributed by atoms with E-state index < -0.39 is 23.6 Å². The molecule has 2 aliphatic heterocycles. The highest BCUT2D eigenvalue weighted by Gasteiger charge is 2.33. The van der Waals surface area contributed by atoms with Crippen molar-refractivity contribution in [1.82, 2.24) is 24.9 Å². The Morgan fingerprint density at radius 1 is 1.22 bits per heavy atom. The van der Waals surface area contributed by atoms with Crippen molar-refractivity contribution in [3.63, 3.8) is 0 Å². The topological polar surface area (TPSA) is 124 Å². The molecular formula is C28H32FN7O5. The average Bonchev–Trinajstić information content (AvgIpc) is 3.65. The highest BCUT2D eigenvalue weighted by molar-refractivity contribution is 5.99. The number of esters is 1. The second-order valence-corrected chi connectivity index (χ2v) is 11.1. The van der Waals surface area contributed by atoms with E-state index >= 15 is 4.39 Å². The predicted octanol–water partition coefficient (Wildman–Crippen LogP) is 3.27. The molecular weight excluding hydrogens is 533 g/mol. The number of hydrogen-bond donors (Lipinski definition) is 0. The summed E-state index contributed by atoms with van der Waals surface area (Å²) >= 11 is 0. The van der Waals surface area contributed by atoms with E-state index in [1.165, 1.54) is 11.0 Å². The van der Waals surface area contributed by atoms with Crippen molar-refractivity contribution in [2.45, 2.75) is 51.5 Å². The molecule has 5 rings (SSSR count). The molecule has 0 aliphatic carbocycles. The van der Waals surface area contributed by atoms with Crippen LogP contribution in [0.5, 0.6) is 0 Å². The summed E-state index contributed by atoms with van der Waals surface area (Å²) < 4.78 is 27.5. The molecule has 2 atom stereocenters. The lowest BCUT2D eigenvalue weighted by Gasteiger charge is -2.23. The van der Waals surface area contributed by atoms with Gasteiger partial charge in [-0.2, -0.15) is 0 Å². The van der Waals surface area contributed by atoms with Gasteiger partial charge in [-0.1, -0.05) is 16.4 Å². The van der Waals surface area contributed by atoms with Gasteiger partial charge < -0.3 is 14.3 Å². The lowest BCUT2D eigenvalue weighted by Crippen LogP contribution is -2.36. The van der Waals surface area contributed by atoms with Gasteiger partial charge in [0.25, 0.3) is 0 Å². The maximum Gasteiger partial charge on any atom is 0.414 e. The summed E-state index contributed by atoms with van der Waals surface area (Å²) in [6.45, 7) is 6.77. The Morgan fingerprint density at radius 3 is 2.73 bits per heavy atom.